The quantitative estimate of drug-likeness (QED) is 0.842. The first kappa shape index (κ1) is 18.5. The first-order chi connectivity index (χ1) is 12.0. The fourth-order valence-corrected chi connectivity index (χ4v) is 2.33. The molecular weight excluding hydrogens is 316 g/mol. The van der Waals surface area contributed by atoms with Crippen LogP contribution in [0.15, 0.2) is 48.5 Å². The van der Waals surface area contributed by atoms with E-state index in [0.717, 1.165) is 22.6 Å². The summed E-state index contributed by atoms with van der Waals surface area (Å²) in [6, 6.07) is 15.2. The molecule has 2 rings (SSSR count). The van der Waals surface area contributed by atoms with Crippen LogP contribution in [0.1, 0.15) is 17.5 Å². The largest absolute Gasteiger partial charge is 0.493 e. The molecule has 2 amide bonds. The van der Waals surface area contributed by atoms with E-state index in [0.29, 0.717) is 0 Å². The highest BCUT2D eigenvalue weighted by molar-refractivity contribution is 5.95. The Balaban J connectivity index is 1.78. The zero-order chi connectivity index (χ0) is 18.2. The lowest BCUT2D eigenvalue weighted by atomic mass is 10.1. The molecule has 5 nitrogen and oxygen atoms in total. The monoisotopic (exact) mass is 340 g/mol. The molecule has 0 saturated carbocycles. The summed E-state index contributed by atoms with van der Waals surface area (Å²) < 4.78 is 5.51. The maximum Gasteiger partial charge on any atom is 0.243 e. The minimum absolute atomic E-state index is 0.0115. The average Bonchev–Trinajstić information content (AvgIpc) is 2.59. The number of carbonyl (C=O) groups is 2. The third-order valence-corrected chi connectivity index (χ3v) is 3.80. The van der Waals surface area contributed by atoms with Gasteiger partial charge in [-0.2, -0.15) is 0 Å². The molecular formula is C20H24N2O3. The molecule has 0 atom stereocenters. The fourth-order valence-electron chi connectivity index (χ4n) is 2.33. The Morgan fingerprint density at radius 3 is 2.52 bits per heavy atom. The zero-order valence-corrected chi connectivity index (χ0v) is 14.9. The Kier molecular flexibility index (Phi) is 6.57. The molecule has 25 heavy (non-hydrogen) atoms. The number of hydrogen-bond acceptors (Lipinski definition) is 3. The molecule has 0 aliphatic rings. The van der Waals surface area contributed by atoms with Crippen LogP contribution in [-0.4, -0.2) is 36.9 Å². The standard InChI is InChI=1S/C20H24N2O3/c1-15-9-10-16(2)18(13-15)21-19(23)14-22(3)20(24)11-12-25-17-7-5-4-6-8-17/h4-10,13H,11-12,14H2,1-3H3,(H,21,23). The highest BCUT2D eigenvalue weighted by Crippen LogP contribution is 2.16. The molecule has 0 heterocycles. The van der Waals surface area contributed by atoms with Crippen LogP contribution in [0, 0.1) is 13.8 Å². The smallest absolute Gasteiger partial charge is 0.243 e. The summed E-state index contributed by atoms with van der Waals surface area (Å²) in [6.45, 7) is 4.20. The molecule has 0 aliphatic carbocycles. The van der Waals surface area contributed by atoms with Crippen molar-refractivity contribution in [1.29, 1.82) is 0 Å². The normalized spacial score (nSPS) is 10.2. The van der Waals surface area contributed by atoms with Crippen LogP contribution >= 0.6 is 0 Å². The van der Waals surface area contributed by atoms with Crippen LogP contribution in [0.4, 0.5) is 5.69 Å². The third kappa shape index (κ3) is 5.95. The lowest BCUT2D eigenvalue weighted by molar-refractivity contribution is -0.133. The van der Waals surface area contributed by atoms with E-state index >= 15 is 0 Å². The number of benzene rings is 2. The van der Waals surface area contributed by atoms with E-state index in [2.05, 4.69) is 5.32 Å². The van der Waals surface area contributed by atoms with Crippen LogP contribution < -0.4 is 10.1 Å². The van der Waals surface area contributed by atoms with Gasteiger partial charge in [0.1, 0.15) is 5.75 Å². The van der Waals surface area contributed by atoms with Gasteiger partial charge >= 0.3 is 0 Å². The van der Waals surface area contributed by atoms with Crippen molar-refractivity contribution in [3.8, 4) is 5.75 Å². The number of ether oxygens (including phenoxy) is 1. The molecule has 0 aromatic heterocycles. The molecule has 2 aromatic rings. The molecule has 0 saturated heterocycles. The number of nitrogens with one attached hydrogen (secondary N) is 1. The van der Waals surface area contributed by atoms with Gasteiger partial charge in [-0.1, -0.05) is 30.3 Å². The van der Waals surface area contributed by atoms with Gasteiger partial charge in [-0.05, 0) is 43.2 Å². The second-order valence-electron chi connectivity index (χ2n) is 6.03. The van der Waals surface area contributed by atoms with Gasteiger partial charge in [0.15, 0.2) is 0 Å². The van der Waals surface area contributed by atoms with Crippen molar-refractivity contribution in [2.45, 2.75) is 20.3 Å². The van der Waals surface area contributed by atoms with E-state index in [-0.39, 0.29) is 31.4 Å². The first-order valence-corrected chi connectivity index (χ1v) is 8.24. The molecule has 1 N–H and O–H groups in total. The number of anilines is 1. The molecule has 0 spiro atoms. The van der Waals surface area contributed by atoms with Gasteiger partial charge in [0.05, 0.1) is 19.6 Å². The molecule has 0 aliphatic heterocycles. The van der Waals surface area contributed by atoms with E-state index in [9.17, 15) is 9.59 Å². The average molecular weight is 340 g/mol. The summed E-state index contributed by atoms with van der Waals surface area (Å²) in [5.41, 5.74) is 2.84. The predicted octanol–water partition coefficient (Wildman–Crippen LogP) is 3.17. The second kappa shape index (κ2) is 8.87. The molecule has 0 bridgehead atoms. The number of nitrogens with zero attached hydrogens (tertiary/aromatic N) is 1. The molecule has 132 valence electrons. The highest BCUT2D eigenvalue weighted by Gasteiger charge is 2.14. The summed E-state index contributed by atoms with van der Waals surface area (Å²) >= 11 is 0. The van der Waals surface area contributed by atoms with Gasteiger partial charge in [-0.15, -0.1) is 0 Å². The first-order valence-electron chi connectivity index (χ1n) is 8.24. The Morgan fingerprint density at radius 1 is 1.08 bits per heavy atom. The van der Waals surface area contributed by atoms with Crippen molar-refractivity contribution >= 4 is 17.5 Å². The van der Waals surface area contributed by atoms with Crippen LogP contribution in [0.2, 0.25) is 0 Å². The highest BCUT2D eigenvalue weighted by atomic mass is 16.5. The van der Waals surface area contributed by atoms with E-state index in [1.807, 2.05) is 62.4 Å². The Bertz CT molecular complexity index is 729. The Morgan fingerprint density at radius 2 is 1.80 bits per heavy atom. The van der Waals surface area contributed by atoms with Crippen LogP contribution in [0.25, 0.3) is 0 Å². The molecule has 0 radical (unpaired) electrons. The van der Waals surface area contributed by atoms with Crippen LogP contribution in [0.3, 0.4) is 0 Å². The van der Waals surface area contributed by atoms with E-state index < -0.39 is 0 Å². The number of amides is 2. The molecule has 0 unspecified atom stereocenters. The van der Waals surface area contributed by atoms with E-state index in [1.165, 1.54) is 4.90 Å². The summed E-state index contributed by atoms with van der Waals surface area (Å²) in [6.07, 6.45) is 0.224. The SMILES string of the molecule is Cc1ccc(C)c(NC(=O)CN(C)C(=O)CCOc2ccccc2)c1. The molecule has 0 fully saturated rings. The molecule has 2 aromatic carbocycles. The van der Waals surface area contributed by atoms with Crippen LogP contribution in [0.5, 0.6) is 5.75 Å². The van der Waals surface area contributed by atoms with Gasteiger partial charge in [0.25, 0.3) is 0 Å². The topological polar surface area (TPSA) is 58.6 Å². The van der Waals surface area contributed by atoms with Crippen molar-refractivity contribution in [3.05, 3.63) is 59.7 Å². The van der Waals surface area contributed by atoms with Crippen molar-refractivity contribution < 1.29 is 14.3 Å². The second-order valence-corrected chi connectivity index (χ2v) is 6.03. The Hall–Kier alpha value is -2.82. The predicted molar refractivity (Wildman–Crippen MR) is 98.7 cm³/mol. The Labute approximate surface area is 148 Å². The third-order valence-electron chi connectivity index (χ3n) is 3.80. The number of hydrogen-bond donors (Lipinski definition) is 1. The van der Waals surface area contributed by atoms with Gasteiger partial charge in [-0.3, -0.25) is 9.59 Å². The summed E-state index contributed by atoms with van der Waals surface area (Å²) in [5, 5.41) is 2.85. The summed E-state index contributed by atoms with van der Waals surface area (Å²) in [7, 11) is 1.62. The van der Waals surface area contributed by atoms with Crippen molar-refractivity contribution in [3.63, 3.8) is 0 Å². The number of carbonyl (C=O) groups excluding carboxylic acids is 2. The number of likely N-dealkylation sites (N-methyl/N-ethyl adjacent to an activating group) is 1. The maximum atomic E-state index is 12.1. The summed E-state index contributed by atoms with van der Waals surface area (Å²) in [4.78, 5) is 25.7. The minimum atomic E-state index is -0.214. The van der Waals surface area contributed by atoms with Gasteiger partial charge in [-0.25, -0.2) is 0 Å². The van der Waals surface area contributed by atoms with Crippen molar-refractivity contribution in [1.82, 2.24) is 4.90 Å². The van der Waals surface area contributed by atoms with Crippen molar-refractivity contribution in [2.75, 3.05) is 25.5 Å². The lowest BCUT2D eigenvalue weighted by Crippen LogP contribution is -2.35. The zero-order valence-electron chi connectivity index (χ0n) is 14.9. The van der Waals surface area contributed by atoms with Gasteiger partial charge in [0.2, 0.25) is 11.8 Å². The fraction of sp³-hybridized carbons (Fsp3) is 0.300. The van der Waals surface area contributed by atoms with Crippen molar-refractivity contribution in [2.24, 2.45) is 0 Å². The lowest BCUT2D eigenvalue weighted by Gasteiger charge is -2.17. The molecule has 5 heteroatoms. The number of para-hydroxylation sites is 1. The maximum absolute atomic E-state index is 12.1. The minimum Gasteiger partial charge on any atom is -0.493 e. The van der Waals surface area contributed by atoms with Crippen LogP contribution in [-0.2, 0) is 9.59 Å². The number of rotatable bonds is 7. The van der Waals surface area contributed by atoms with Gasteiger partial charge < -0.3 is 15.0 Å². The summed E-state index contributed by atoms with van der Waals surface area (Å²) in [5.74, 6) is 0.381. The van der Waals surface area contributed by atoms with E-state index in [1.54, 1.807) is 7.05 Å². The van der Waals surface area contributed by atoms with E-state index in [4.69, 9.17) is 4.74 Å². The van der Waals surface area contributed by atoms with Gasteiger partial charge in [0, 0.05) is 12.7 Å². The number of aryl methyl sites for hydroxylation is 2.